The molecule has 2 aromatic heterocycles. The van der Waals surface area contributed by atoms with Crippen molar-refractivity contribution < 1.29 is 9.90 Å². The lowest BCUT2D eigenvalue weighted by Gasteiger charge is -2.01. The smallest absolute Gasteiger partial charge is 0.325 e. The highest BCUT2D eigenvalue weighted by Gasteiger charge is 2.11. The summed E-state index contributed by atoms with van der Waals surface area (Å²) in [6, 6.07) is 1.82. The molecule has 0 saturated carbocycles. The molecule has 0 radical (unpaired) electrons. The van der Waals surface area contributed by atoms with Crippen LogP contribution in [0.2, 0.25) is 0 Å². The number of carbonyl (C=O) groups is 1. The van der Waals surface area contributed by atoms with E-state index in [0.717, 1.165) is 12.1 Å². The number of nitrogens with zero attached hydrogens (tertiary/aromatic N) is 6. The number of rotatable bonds is 5. The molecular formula is C9H10N6O2S. The van der Waals surface area contributed by atoms with Gasteiger partial charge in [0.25, 0.3) is 0 Å². The van der Waals surface area contributed by atoms with Gasteiger partial charge in [-0.15, -0.1) is 5.10 Å². The minimum Gasteiger partial charge on any atom is -0.480 e. The van der Waals surface area contributed by atoms with Crippen molar-refractivity contribution in [3.05, 3.63) is 18.1 Å². The minimum absolute atomic E-state index is 0.277. The van der Waals surface area contributed by atoms with Gasteiger partial charge >= 0.3 is 5.97 Å². The Morgan fingerprint density at radius 1 is 1.50 bits per heavy atom. The van der Waals surface area contributed by atoms with Gasteiger partial charge in [-0.25, -0.2) is 14.6 Å². The van der Waals surface area contributed by atoms with E-state index in [1.165, 1.54) is 22.8 Å². The average molecular weight is 266 g/mol. The van der Waals surface area contributed by atoms with E-state index in [2.05, 4.69) is 25.5 Å². The van der Waals surface area contributed by atoms with Crippen LogP contribution in [0.25, 0.3) is 0 Å². The van der Waals surface area contributed by atoms with Gasteiger partial charge in [-0.2, -0.15) is 0 Å². The van der Waals surface area contributed by atoms with E-state index in [9.17, 15) is 4.79 Å². The van der Waals surface area contributed by atoms with Gasteiger partial charge in [-0.1, -0.05) is 6.92 Å². The Bertz CT molecular complexity index is 557. The molecule has 0 unspecified atom stereocenters. The van der Waals surface area contributed by atoms with Crippen molar-refractivity contribution in [2.45, 2.75) is 30.1 Å². The summed E-state index contributed by atoms with van der Waals surface area (Å²) >= 11 is 1.20. The number of hydrogen-bond acceptors (Lipinski definition) is 7. The molecule has 0 amide bonds. The molecule has 0 aliphatic carbocycles. The fourth-order valence-corrected chi connectivity index (χ4v) is 1.98. The second-order valence-electron chi connectivity index (χ2n) is 3.32. The number of carboxylic acids is 1. The van der Waals surface area contributed by atoms with E-state index in [1.54, 1.807) is 0 Å². The van der Waals surface area contributed by atoms with Crippen LogP contribution in [0.15, 0.2) is 22.6 Å². The van der Waals surface area contributed by atoms with Crippen LogP contribution in [-0.4, -0.2) is 41.3 Å². The lowest BCUT2D eigenvalue weighted by atomic mass is 10.3. The van der Waals surface area contributed by atoms with Gasteiger partial charge in [0.15, 0.2) is 0 Å². The number of aliphatic carboxylic acids is 1. The van der Waals surface area contributed by atoms with E-state index < -0.39 is 5.97 Å². The summed E-state index contributed by atoms with van der Waals surface area (Å²) in [4.78, 5) is 18.8. The predicted octanol–water partition coefficient (Wildman–Crippen LogP) is 0.261. The van der Waals surface area contributed by atoms with Gasteiger partial charge in [0.1, 0.15) is 17.9 Å². The summed E-state index contributed by atoms with van der Waals surface area (Å²) in [5.74, 6) is -0.999. The van der Waals surface area contributed by atoms with Gasteiger partial charge in [-0.3, -0.25) is 4.79 Å². The zero-order valence-corrected chi connectivity index (χ0v) is 10.3. The van der Waals surface area contributed by atoms with Crippen molar-refractivity contribution >= 4 is 17.7 Å². The SMILES string of the molecule is CCc1cc(Sc2nnnn2CC(=O)O)ncn1. The van der Waals surface area contributed by atoms with Gasteiger partial charge < -0.3 is 5.11 Å². The maximum atomic E-state index is 10.6. The third-order valence-corrected chi connectivity index (χ3v) is 2.95. The lowest BCUT2D eigenvalue weighted by molar-refractivity contribution is -0.138. The first-order chi connectivity index (χ1) is 8.69. The Balaban J connectivity index is 2.17. The van der Waals surface area contributed by atoms with Crippen LogP contribution in [0.4, 0.5) is 0 Å². The van der Waals surface area contributed by atoms with E-state index in [0.29, 0.717) is 10.2 Å². The Morgan fingerprint density at radius 2 is 2.33 bits per heavy atom. The van der Waals surface area contributed by atoms with Crippen LogP contribution >= 0.6 is 11.8 Å². The fourth-order valence-electron chi connectivity index (χ4n) is 1.22. The standard InChI is InChI=1S/C9H10N6O2S/c1-2-6-3-7(11-5-10-6)18-9-12-13-14-15(9)4-8(16)17/h3,5H,2,4H2,1H3,(H,16,17). The molecular weight excluding hydrogens is 256 g/mol. The maximum Gasteiger partial charge on any atom is 0.325 e. The molecule has 8 nitrogen and oxygen atoms in total. The molecule has 2 aromatic rings. The van der Waals surface area contributed by atoms with Crippen LogP contribution in [0.3, 0.4) is 0 Å². The highest BCUT2D eigenvalue weighted by molar-refractivity contribution is 7.99. The van der Waals surface area contributed by atoms with Gasteiger partial charge in [0.2, 0.25) is 5.16 Å². The fraction of sp³-hybridized carbons (Fsp3) is 0.333. The zero-order valence-electron chi connectivity index (χ0n) is 9.52. The van der Waals surface area contributed by atoms with Crippen LogP contribution in [0.1, 0.15) is 12.6 Å². The molecule has 1 N–H and O–H groups in total. The molecule has 0 bridgehead atoms. The summed E-state index contributed by atoms with van der Waals surface area (Å²) in [5.41, 5.74) is 0.907. The second-order valence-corrected chi connectivity index (χ2v) is 4.30. The first-order valence-corrected chi connectivity index (χ1v) is 5.97. The van der Waals surface area contributed by atoms with Gasteiger partial charge in [0, 0.05) is 5.69 Å². The number of aryl methyl sites for hydroxylation is 1. The molecule has 2 rings (SSSR count). The highest BCUT2D eigenvalue weighted by Crippen LogP contribution is 2.23. The topological polar surface area (TPSA) is 107 Å². The van der Waals surface area contributed by atoms with E-state index in [4.69, 9.17) is 5.11 Å². The first-order valence-electron chi connectivity index (χ1n) is 5.15. The van der Waals surface area contributed by atoms with Gasteiger partial charge in [0.05, 0.1) is 0 Å². The Morgan fingerprint density at radius 3 is 3.06 bits per heavy atom. The molecule has 0 saturated heterocycles. The third-order valence-electron chi connectivity index (χ3n) is 2.04. The second kappa shape index (κ2) is 5.54. The molecule has 0 fully saturated rings. The molecule has 0 aromatic carbocycles. The molecule has 0 aliphatic heterocycles. The number of tetrazole rings is 1. The molecule has 0 atom stereocenters. The van der Waals surface area contributed by atoms with E-state index in [-0.39, 0.29) is 6.54 Å². The van der Waals surface area contributed by atoms with Crippen molar-refractivity contribution in [1.29, 1.82) is 0 Å². The molecule has 0 spiro atoms. The maximum absolute atomic E-state index is 10.6. The summed E-state index contributed by atoms with van der Waals surface area (Å²) in [6.45, 7) is 1.71. The molecule has 2 heterocycles. The van der Waals surface area contributed by atoms with Crippen LogP contribution < -0.4 is 0 Å². The zero-order chi connectivity index (χ0) is 13.0. The van der Waals surface area contributed by atoms with E-state index in [1.807, 2.05) is 13.0 Å². The lowest BCUT2D eigenvalue weighted by Crippen LogP contribution is -2.11. The largest absolute Gasteiger partial charge is 0.480 e. The monoisotopic (exact) mass is 266 g/mol. The molecule has 18 heavy (non-hydrogen) atoms. The van der Waals surface area contributed by atoms with Crippen LogP contribution in [0.5, 0.6) is 0 Å². The average Bonchev–Trinajstić information content (AvgIpc) is 2.76. The summed E-state index contributed by atoms with van der Waals surface area (Å²) in [5, 5.41) is 20.6. The minimum atomic E-state index is -0.999. The Kier molecular flexibility index (Phi) is 3.82. The summed E-state index contributed by atoms with van der Waals surface area (Å²) in [6.07, 6.45) is 2.27. The Hall–Kier alpha value is -2.03. The summed E-state index contributed by atoms with van der Waals surface area (Å²) in [7, 11) is 0. The van der Waals surface area contributed by atoms with Crippen molar-refractivity contribution in [2.24, 2.45) is 0 Å². The summed E-state index contributed by atoms with van der Waals surface area (Å²) < 4.78 is 1.21. The van der Waals surface area contributed by atoms with Crippen molar-refractivity contribution in [3.63, 3.8) is 0 Å². The van der Waals surface area contributed by atoms with Crippen molar-refractivity contribution in [2.75, 3.05) is 0 Å². The van der Waals surface area contributed by atoms with Crippen molar-refractivity contribution in [3.8, 4) is 0 Å². The highest BCUT2D eigenvalue weighted by atomic mass is 32.2. The van der Waals surface area contributed by atoms with Gasteiger partial charge in [-0.05, 0) is 34.7 Å². The van der Waals surface area contributed by atoms with Crippen LogP contribution in [-0.2, 0) is 17.8 Å². The first kappa shape index (κ1) is 12.4. The third kappa shape index (κ3) is 3.00. The predicted molar refractivity (Wildman–Crippen MR) is 61.0 cm³/mol. The number of aromatic nitrogens is 6. The molecule has 9 heteroatoms. The quantitative estimate of drug-likeness (QED) is 0.768. The normalized spacial score (nSPS) is 10.5. The number of carboxylic acid groups (broad SMARTS) is 1. The molecule has 0 aliphatic rings. The van der Waals surface area contributed by atoms with Crippen LogP contribution in [0, 0.1) is 0 Å². The van der Waals surface area contributed by atoms with Crippen molar-refractivity contribution in [1.82, 2.24) is 30.2 Å². The number of hydrogen-bond donors (Lipinski definition) is 1. The Labute approximate surface area is 106 Å². The molecule has 94 valence electrons. The van der Waals surface area contributed by atoms with E-state index >= 15 is 0 Å².